The van der Waals surface area contributed by atoms with Crippen LogP contribution in [0, 0.1) is 0 Å². The van der Waals surface area contributed by atoms with E-state index in [1.165, 1.54) is 0 Å². The van der Waals surface area contributed by atoms with Gasteiger partial charge in [0.25, 0.3) is 0 Å². The van der Waals surface area contributed by atoms with Gasteiger partial charge >= 0.3 is 0 Å². The van der Waals surface area contributed by atoms with Gasteiger partial charge in [-0.3, -0.25) is 4.98 Å². The molecule has 16 heavy (non-hydrogen) atoms. The molecule has 0 radical (unpaired) electrons. The standard InChI is InChI=1S/C12H11ClN2O/c1-16-12-8(13)5-6-9(14)11(12)10-4-2-3-7-15-10/h2-7H,14H2,1H3. The third-order valence-corrected chi connectivity index (χ3v) is 2.56. The van der Waals surface area contributed by atoms with Crippen LogP contribution in [0.15, 0.2) is 36.5 Å². The van der Waals surface area contributed by atoms with E-state index in [1.54, 1.807) is 25.4 Å². The number of halogens is 1. The fourth-order valence-electron chi connectivity index (χ4n) is 1.55. The maximum absolute atomic E-state index is 6.04. The fourth-order valence-corrected chi connectivity index (χ4v) is 1.78. The monoisotopic (exact) mass is 234 g/mol. The van der Waals surface area contributed by atoms with Crippen LogP contribution in [-0.2, 0) is 0 Å². The van der Waals surface area contributed by atoms with E-state index in [-0.39, 0.29) is 0 Å². The smallest absolute Gasteiger partial charge is 0.148 e. The number of anilines is 1. The fraction of sp³-hybridized carbons (Fsp3) is 0.0833. The molecule has 0 unspecified atom stereocenters. The molecular weight excluding hydrogens is 224 g/mol. The number of nitrogens with zero attached hydrogens (tertiary/aromatic N) is 1. The first-order valence-electron chi connectivity index (χ1n) is 4.77. The molecule has 1 heterocycles. The van der Waals surface area contributed by atoms with E-state index < -0.39 is 0 Å². The maximum atomic E-state index is 6.04. The molecule has 0 aliphatic rings. The largest absolute Gasteiger partial charge is 0.494 e. The number of nitrogens with two attached hydrogens (primary N) is 1. The lowest BCUT2D eigenvalue weighted by Crippen LogP contribution is -1.96. The van der Waals surface area contributed by atoms with E-state index in [0.29, 0.717) is 16.5 Å². The Morgan fingerprint density at radius 3 is 2.69 bits per heavy atom. The molecule has 1 aromatic heterocycles. The molecule has 0 saturated carbocycles. The summed E-state index contributed by atoms with van der Waals surface area (Å²) in [5.41, 5.74) is 8.00. The highest BCUT2D eigenvalue weighted by Crippen LogP contribution is 2.39. The number of nitrogen functional groups attached to an aromatic ring is 1. The van der Waals surface area contributed by atoms with Gasteiger partial charge in [-0.05, 0) is 24.3 Å². The van der Waals surface area contributed by atoms with E-state index in [9.17, 15) is 0 Å². The van der Waals surface area contributed by atoms with Crippen LogP contribution >= 0.6 is 11.6 Å². The van der Waals surface area contributed by atoms with Crippen molar-refractivity contribution in [1.82, 2.24) is 4.98 Å². The minimum absolute atomic E-state index is 0.525. The van der Waals surface area contributed by atoms with Crippen LogP contribution in [0.4, 0.5) is 5.69 Å². The number of benzene rings is 1. The Morgan fingerprint density at radius 1 is 1.25 bits per heavy atom. The van der Waals surface area contributed by atoms with Crippen molar-refractivity contribution in [3.63, 3.8) is 0 Å². The van der Waals surface area contributed by atoms with Crippen molar-refractivity contribution in [3.8, 4) is 17.0 Å². The van der Waals surface area contributed by atoms with Crippen LogP contribution < -0.4 is 10.5 Å². The number of methoxy groups -OCH3 is 1. The van der Waals surface area contributed by atoms with Crippen LogP contribution in [-0.4, -0.2) is 12.1 Å². The predicted octanol–water partition coefficient (Wildman–Crippen LogP) is 2.99. The second-order valence-electron chi connectivity index (χ2n) is 3.26. The summed E-state index contributed by atoms with van der Waals surface area (Å²) in [6, 6.07) is 9.06. The van der Waals surface area contributed by atoms with Gasteiger partial charge in [0.1, 0.15) is 5.75 Å². The van der Waals surface area contributed by atoms with E-state index in [1.807, 2.05) is 18.2 Å². The molecule has 3 nitrogen and oxygen atoms in total. The molecule has 4 heteroatoms. The number of ether oxygens (including phenoxy) is 1. The van der Waals surface area contributed by atoms with E-state index in [0.717, 1.165) is 11.3 Å². The van der Waals surface area contributed by atoms with Crippen LogP contribution in [0.5, 0.6) is 5.75 Å². The minimum Gasteiger partial charge on any atom is -0.494 e. The van der Waals surface area contributed by atoms with Crippen LogP contribution in [0.1, 0.15) is 0 Å². The number of hydrogen-bond acceptors (Lipinski definition) is 3. The first-order chi connectivity index (χ1) is 7.74. The van der Waals surface area contributed by atoms with Gasteiger partial charge in [0, 0.05) is 11.9 Å². The van der Waals surface area contributed by atoms with Gasteiger partial charge in [-0.2, -0.15) is 0 Å². The van der Waals surface area contributed by atoms with Gasteiger partial charge in [-0.15, -0.1) is 0 Å². The summed E-state index contributed by atoms with van der Waals surface area (Å²) >= 11 is 6.04. The molecular formula is C12H11ClN2O. The summed E-state index contributed by atoms with van der Waals surface area (Å²) in [5, 5.41) is 0.525. The van der Waals surface area contributed by atoms with Gasteiger partial charge in [0.15, 0.2) is 0 Å². The first kappa shape index (κ1) is 10.8. The zero-order valence-electron chi connectivity index (χ0n) is 8.77. The van der Waals surface area contributed by atoms with Crippen LogP contribution in [0.25, 0.3) is 11.3 Å². The summed E-state index contributed by atoms with van der Waals surface area (Å²) in [6.07, 6.45) is 1.70. The molecule has 0 aliphatic carbocycles. The molecule has 0 amide bonds. The summed E-state index contributed by atoms with van der Waals surface area (Å²) in [7, 11) is 1.56. The van der Waals surface area contributed by atoms with Crippen molar-refractivity contribution in [2.45, 2.75) is 0 Å². The highest BCUT2D eigenvalue weighted by Gasteiger charge is 2.13. The van der Waals surface area contributed by atoms with Gasteiger partial charge in [0.2, 0.25) is 0 Å². The Morgan fingerprint density at radius 2 is 2.06 bits per heavy atom. The third-order valence-electron chi connectivity index (χ3n) is 2.27. The SMILES string of the molecule is COc1c(Cl)ccc(N)c1-c1ccccn1. The Kier molecular flexibility index (Phi) is 2.97. The molecule has 0 aliphatic heterocycles. The molecule has 82 valence electrons. The number of rotatable bonds is 2. The lowest BCUT2D eigenvalue weighted by atomic mass is 10.1. The van der Waals surface area contributed by atoms with Gasteiger partial charge in [0.05, 0.1) is 23.4 Å². The molecule has 1 aromatic carbocycles. The number of pyridine rings is 1. The maximum Gasteiger partial charge on any atom is 0.148 e. The Bertz CT molecular complexity index is 500. The highest BCUT2D eigenvalue weighted by molar-refractivity contribution is 6.32. The van der Waals surface area contributed by atoms with Crippen molar-refractivity contribution in [2.24, 2.45) is 0 Å². The summed E-state index contributed by atoms with van der Waals surface area (Å²) in [5.74, 6) is 0.556. The first-order valence-corrected chi connectivity index (χ1v) is 5.15. The van der Waals surface area contributed by atoms with E-state index in [4.69, 9.17) is 22.1 Å². The molecule has 0 spiro atoms. The summed E-state index contributed by atoms with van der Waals surface area (Å²) in [6.45, 7) is 0. The normalized spacial score (nSPS) is 10.1. The highest BCUT2D eigenvalue weighted by atomic mass is 35.5. The zero-order valence-corrected chi connectivity index (χ0v) is 9.53. The molecule has 0 saturated heterocycles. The Hall–Kier alpha value is -1.74. The van der Waals surface area contributed by atoms with Crippen LogP contribution in [0.2, 0.25) is 5.02 Å². The molecule has 0 fully saturated rings. The van der Waals surface area contributed by atoms with Gasteiger partial charge < -0.3 is 10.5 Å². The average molecular weight is 235 g/mol. The van der Waals surface area contributed by atoms with Gasteiger partial charge in [-0.1, -0.05) is 17.7 Å². The second-order valence-corrected chi connectivity index (χ2v) is 3.67. The lowest BCUT2D eigenvalue weighted by Gasteiger charge is -2.12. The zero-order chi connectivity index (χ0) is 11.5. The van der Waals surface area contributed by atoms with Crippen molar-refractivity contribution >= 4 is 17.3 Å². The predicted molar refractivity (Wildman–Crippen MR) is 65.6 cm³/mol. The number of aromatic nitrogens is 1. The minimum atomic E-state index is 0.525. The topological polar surface area (TPSA) is 48.1 Å². The summed E-state index contributed by atoms with van der Waals surface area (Å²) < 4.78 is 5.26. The van der Waals surface area contributed by atoms with Gasteiger partial charge in [-0.25, -0.2) is 0 Å². The van der Waals surface area contributed by atoms with E-state index >= 15 is 0 Å². The van der Waals surface area contributed by atoms with Crippen molar-refractivity contribution in [2.75, 3.05) is 12.8 Å². The molecule has 0 atom stereocenters. The van der Waals surface area contributed by atoms with Crippen LogP contribution in [0.3, 0.4) is 0 Å². The second kappa shape index (κ2) is 4.41. The number of hydrogen-bond donors (Lipinski definition) is 1. The summed E-state index contributed by atoms with van der Waals surface area (Å²) in [4.78, 5) is 4.24. The Balaban J connectivity index is 2.68. The third kappa shape index (κ3) is 1.82. The van der Waals surface area contributed by atoms with Crippen molar-refractivity contribution in [3.05, 3.63) is 41.6 Å². The molecule has 2 N–H and O–H groups in total. The molecule has 2 rings (SSSR count). The van der Waals surface area contributed by atoms with Crippen molar-refractivity contribution in [1.29, 1.82) is 0 Å². The molecule has 0 bridgehead atoms. The Labute approximate surface area is 98.8 Å². The average Bonchev–Trinajstić information content (AvgIpc) is 2.33. The van der Waals surface area contributed by atoms with Crippen molar-refractivity contribution < 1.29 is 4.74 Å². The van der Waals surface area contributed by atoms with E-state index in [2.05, 4.69) is 4.98 Å². The quantitative estimate of drug-likeness (QED) is 0.813. The molecule has 2 aromatic rings. The lowest BCUT2D eigenvalue weighted by molar-refractivity contribution is 0.417.